The molecule has 0 amide bonds. The van der Waals surface area contributed by atoms with Crippen LogP contribution in [-0.4, -0.2) is 22.4 Å². The molecule has 1 aliphatic heterocycles. The van der Waals surface area contributed by atoms with Gasteiger partial charge in [0.05, 0.1) is 16.9 Å². The van der Waals surface area contributed by atoms with Crippen LogP contribution in [0.15, 0.2) is 77.0 Å². The van der Waals surface area contributed by atoms with E-state index in [4.69, 9.17) is 4.74 Å². The summed E-state index contributed by atoms with van der Waals surface area (Å²) in [5.74, 6) is -0.604. The third kappa shape index (κ3) is 5.89. The Morgan fingerprint density at radius 3 is 2.39 bits per heavy atom. The van der Waals surface area contributed by atoms with Gasteiger partial charge in [-0.2, -0.15) is 13.2 Å². The molecular formula is C22H20F4N2O2S. The van der Waals surface area contributed by atoms with E-state index in [2.05, 4.69) is 11.6 Å². The van der Waals surface area contributed by atoms with Crippen LogP contribution >= 0.6 is 11.8 Å². The second kappa shape index (κ2) is 8.76. The van der Waals surface area contributed by atoms with Gasteiger partial charge in [-0.25, -0.2) is 9.38 Å². The van der Waals surface area contributed by atoms with Crippen LogP contribution in [0.3, 0.4) is 0 Å². The minimum absolute atomic E-state index is 0.00509. The number of halogens is 4. The highest BCUT2D eigenvalue weighted by Gasteiger charge is 2.30. The Morgan fingerprint density at radius 1 is 1.13 bits per heavy atom. The van der Waals surface area contributed by atoms with Crippen LogP contribution in [0.5, 0.6) is 5.75 Å². The van der Waals surface area contributed by atoms with E-state index in [0.717, 1.165) is 23.9 Å². The van der Waals surface area contributed by atoms with E-state index in [1.807, 2.05) is 0 Å². The van der Waals surface area contributed by atoms with Crippen molar-refractivity contribution in [3.8, 4) is 5.75 Å². The van der Waals surface area contributed by atoms with Crippen LogP contribution in [0.2, 0.25) is 0 Å². The molecule has 0 aliphatic carbocycles. The number of thioether (sulfide) groups is 1. The van der Waals surface area contributed by atoms with Crippen LogP contribution < -0.4 is 9.64 Å². The van der Waals surface area contributed by atoms with Crippen molar-refractivity contribution < 1.29 is 27.4 Å². The van der Waals surface area contributed by atoms with E-state index in [-0.39, 0.29) is 12.4 Å². The molecule has 31 heavy (non-hydrogen) atoms. The van der Waals surface area contributed by atoms with Crippen molar-refractivity contribution in [3.63, 3.8) is 0 Å². The lowest BCUT2D eigenvalue weighted by molar-refractivity contribution is -0.137. The Balaban J connectivity index is 1.73. The number of benzene rings is 2. The molecule has 1 N–H and O–H groups in total. The van der Waals surface area contributed by atoms with Gasteiger partial charge in [-0.1, -0.05) is 18.3 Å². The first-order chi connectivity index (χ1) is 14.4. The van der Waals surface area contributed by atoms with Crippen LogP contribution in [0.25, 0.3) is 0 Å². The van der Waals surface area contributed by atoms with Gasteiger partial charge in [0.2, 0.25) is 0 Å². The second-order valence-corrected chi connectivity index (χ2v) is 8.45. The lowest BCUT2D eigenvalue weighted by Gasteiger charge is -2.26. The minimum Gasteiger partial charge on any atom is -0.488 e. The van der Waals surface area contributed by atoms with Crippen molar-refractivity contribution in [3.05, 3.63) is 78.5 Å². The van der Waals surface area contributed by atoms with E-state index in [0.29, 0.717) is 21.3 Å². The van der Waals surface area contributed by atoms with Crippen molar-refractivity contribution >= 4 is 22.5 Å². The fraction of sp³-hybridized carbons (Fsp3) is 0.227. The molecule has 0 atom stereocenters. The maximum atomic E-state index is 14.5. The van der Waals surface area contributed by atoms with E-state index < -0.39 is 23.2 Å². The summed E-state index contributed by atoms with van der Waals surface area (Å²) in [4.78, 5) is 6.41. The van der Waals surface area contributed by atoms with E-state index in [9.17, 15) is 22.7 Å². The molecule has 9 heteroatoms. The van der Waals surface area contributed by atoms with Gasteiger partial charge < -0.3 is 14.7 Å². The van der Waals surface area contributed by atoms with Gasteiger partial charge in [-0.05, 0) is 50.2 Å². The summed E-state index contributed by atoms with van der Waals surface area (Å²) < 4.78 is 58.0. The Morgan fingerprint density at radius 2 is 1.81 bits per heavy atom. The van der Waals surface area contributed by atoms with Gasteiger partial charge >= 0.3 is 6.18 Å². The van der Waals surface area contributed by atoms with Crippen molar-refractivity contribution in [2.45, 2.75) is 30.5 Å². The van der Waals surface area contributed by atoms with Crippen molar-refractivity contribution in [2.75, 3.05) is 11.5 Å². The summed E-state index contributed by atoms with van der Waals surface area (Å²) >= 11 is 1.15. The third-order valence-corrected chi connectivity index (χ3v) is 5.16. The first kappa shape index (κ1) is 22.9. The third-order valence-electron chi connectivity index (χ3n) is 4.12. The molecule has 2 aromatic carbocycles. The smallest absolute Gasteiger partial charge is 0.416 e. The molecule has 0 fully saturated rings. The number of ether oxygens (including phenoxy) is 1. The van der Waals surface area contributed by atoms with Crippen LogP contribution in [-0.2, 0) is 6.18 Å². The molecule has 0 saturated carbocycles. The summed E-state index contributed by atoms with van der Waals surface area (Å²) in [5.41, 5.74) is -0.924. The average Bonchev–Trinajstić information content (AvgIpc) is 2.68. The van der Waals surface area contributed by atoms with Crippen molar-refractivity contribution in [1.82, 2.24) is 0 Å². The Kier molecular flexibility index (Phi) is 6.47. The normalized spacial score (nSPS) is 14.6. The Bertz CT molecular complexity index is 1030. The fourth-order valence-corrected chi connectivity index (χ4v) is 3.42. The monoisotopic (exact) mass is 452 g/mol. The highest BCUT2D eigenvalue weighted by Crippen LogP contribution is 2.34. The molecule has 2 aromatic rings. The number of anilines is 1. The zero-order chi connectivity index (χ0) is 22.8. The zero-order valence-electron chi connectivity index (χ0n) is 16.8. The zero-order valence-corrected chi connectivity index (χ0v) is 17.6. The van der Waals surface area contributed by atoms with E-state index >= 15 is 0 Å². The summed E-state index contributed by atoms with van der Waals surface area (Å²) in [6.07, 6.45) is -1.30. The minimum atomic E-state index is -4.40. The van der Waals surface area contributed by atoms with Gasteiger partial charge in [0.15, 0.2) is 11.6 Å². The lowest BCUT2D eigenvalue weighted by Crippen LogP contribution is -2.28. The van der Waals surface area contributed by atoms with E-state index in [1.54, 1.807) is 31.0 Å². The lowest BCUT2D eigenvalue weighted by atomic mass is 10.2. The number of hydrogen-bond acceptors (Lipinski definition) is 5. The molecule has 1 aliphatic rings. The van der Waals surface area contributed by atoms with Crippen molar-refractivity contribution in [1.29, 1.82) is 0 Å². The molecule has 3 rings (SSSR count). The number of rotatable bonds is 5. The van der Waals surface area contributed by atoms with Gasteiger partial charge in [0, 0.05) is 29.0 Å². The van der Waals surface area contributed by atoms with Gasteiger partial charge in [0.1, 0.15) is 11.7 Å². The molecule has 4 nitrogen and oxygen atoms in total. The first-order valence-corrected chi connectivity index (χ1v) is 9.98. The molecule has 0 aromatic heterocycles. The fourth-order valence-electron chi connectivity index (χ4n) is 2.60. The molecule has 164 valence electrons. The molecule has 0 radical (unpaired) electrons. The predicted octanol–water partition coefficient (Wildman–Crippen LogP) is 5.99. The van der Waals surface area contributed by atoms with Crippen LogP contribution in [0, 0.1) is 5.82 Å². The quantitative estimate of drug-likeness (QED) is 0.566. The van der Waals surface area contributed by atoms with Gasteiger partial charge in [0.25, 0.3) is 0 Å². The topological polar surface area (TPSA) is 45.1 Å². The standard InChI is InChI=1S/C22H20F4N2O2S/c1-14-20(31-17-7-4-15(5-8-17)22(24,25)26)27-10-11-28(14)16-6-9-19(18(23)12-16)30-13-21(2,3)29/h4-12,29H,1,13H2,2-3H3. The predicted molar refractivity (Wildman–Crippen MR) is 114 cm³/mol. The number of alkyl halides is 3. The second-order valence-electron chi connectivity index (χ2n) is 7.39. The highest BCUT2D eigenvalue weighted by molar-refractivity contribution is 8.14. The molecule has 0 saturated heterocycles. The van der Waals surface area contributed by atoms with Gasteiger partial charge in [-0.3, -0.25) is 0 Å². The summed E-state index contributed by atoms with van der Waals surface area (Å²) in [5, 5.41) is 10.2. The molecule has 0 unspecified atom stereocenters. The highest BCUT2D eigenvalue weighted by atomic mass is 32.2. The van der Waals surface area contributed by atoms with Crippen LogP contribution in [0.1, 0.15) is 19.4 Å². The number of hydrogen-bond donors (Lipinski definition) is 1. The van der Waals surface area contributed by atoms with Crippen LogP contribution in [0.4, 0.5) is 23.2 Å². The number of aliphatic imine (C=N–C) groups is 1. The Labute approximate surface area is 181 Å². The largest absolute Gasteiger partial charge is 0.488 e. The summed E-state index contributed by atoms with van der Waals surface area (Å²) in [7, 11) is 0. The number of nitrogens with zero attached hydrogens (tertiary/aromatic N) is 2. The molecule has 0 bridgehead atoms. The first-order valence-electron chi connectivity index (χ1n) is 9.17. The van der Waals surface area contributed by atoms with Crippen molar-refractivity contribution in [2.24, 2.45) is 4.99 Å². The summed E-state index contributed by atoms with van der Waals surface area (Å²) in [6, 6.07) is 9.07. The average molecular weight is 452 g/mol. The maximum absolute atomic E-state index is 14.5. The Hall–Kier alpha value is -2.78. The van der Waals surface area contributed by atoms with E-state index in [1.165, 1.54) is 30.5 Å². The van der Waals surface area contributed by atoms with Gasteiger partial charge in [-0.15, -0.1) is 0 Å². The number of aliphatic hydroxyl groups is 1. The maximum Gasteiger partial charge on any atom is 0.416 e. The summed E-state index contributed by atoms with van der Waals surface area (Å²) in [6.45, 7) is 7.02. The molecular weight excluding hydrogens is 432 g/mol. The SMILES string of the molecule is C=C1C(Sc2ccc(C(F)(F)F)cc2)=NC=CN1c1ccc(OCC(C)(C)O)c(F)c1. The molecule has 0 spiro atoms. The molecule has 1 heterocycles.